The van der Waals surface area contributed by atoms with Crippen molar-refractivity contribution in [3.05, 3.63) is 22.4 Å². The number of aliphatic carboxylic acids is 1. The summed E-state index contributed by atoms with van der Waals surface area (Å²) in [4.78, 5) is 23.8. The highest BCUT2D eigenvalue weighted by Crippen LogP contribution is 2.16. The van der Waals surface area contributed by atoms with Crippen LogP contribution in [-0.4, -0.2) is 40.8 Å². The predicted molar refractivity (Wildman–Crippen MR) is 83.0 cm³/mol. The van der Waals surface area contributed by atoms with Gasteiger partial charge in [0.05, 0.1) is 5.75 Å². The molecule has 0 spiro atoms. The minimum atomic E-state index is -0.967. The molecule has 19 heavy (non-hydrogen) atoms. The molecule has 0 aliphatic rings. The zero-order chi connectivity index (χ0) is 14.1. The summed E-state index contributed by atoms with van der Waals surface area (Å²) in [6, 6.07) is 3.22. The Morgan fingerprint density at radius 1 is 1.53 bits per heavy atom. The number of amides is 1. The molecule has 2 N–H and O–H groups in total. The average Bonchev–Trinajstić information content (AvgIpc) is 2.87. The van der Waals surface area contributed by atoms with Crippen molar-refractivity contribution in [2.24, 2.45) is 0 Å². The number of carbonyl (C=O) groups is 2. The molecule has 0 radical (unpaired) electrons. The SMILES string of the molecule is CSCC[C@H](NC(=O)CSCc1cccs1)C(=O)O. The third kappa shape index (κ3) is 6.89. The first kappa shape index (κ1) is 16.4. The van der Waals surface area contributed by atoms with Gasteiger partial charge in [0.2, 0.25) is 5.91 Å². The van der Waals surface area contributed by atoms with Gasteiger partial charge in [-0.05, 0) is 29.9 Å². The largest absolute Gasteiger partial charge is 0.480 e. The maximum Gasteiger partial charge on any atom is 0.326 e. The minimum absolute atomic E-state index is 0.213. The summed E-state index contributed by atoms with van der Waals surface area (Å²) in [5.74, 6) is 0.620. The normalized spacial score (nSPS) is 12.1. The van der Waals surface area contributed by atoms with Crippen LogP contribution in [0.15, 0.2) is 17.5 Å². The topological polar surface area (TPSA) is 66.4 Å². The lowest BCUT2D eigenvalue weighted by atomic mass is 10.2. The van der Waals surface area contributed by atoms with Gasteiger partial charge >= 0.3 is 5.97 Å². The fourth-order valence-corrected chi connectivity index (χ4v) is 3.52. The number of hydrogen-bond acceptors (Lipinski definition) is 5. The van der Waals surface area contributed by atoms with Gasteiger partial charge in [-0.25, -0.2) is 4.79 Å². The van der Waals surface area contributed by atoms with E-state index in [1.54, 1.807) is 23.1 Å². The number of thioether (sulfide) groups is 2. The van der Waals surface area contributed by atoms with Crippen LogP contribution >= 0.6 is 34.9 Å². The Morgan fingerprint density at radius 3 is 2.89 bits per heavy atom. The van der Waals surface area contributed by atoms with E-state index in [1.807, 2.05) is 23.8 Å². The molecule has 0 aromatic carbocycles. The molecule has 106 valence electrons. The zero-order valence-electron chi connectivity index (χ0n) is 10.6. The Hall–Kier alpha value is -0.660. The highest BCUT2D eigenvalue weighted by atomic mass is 32.2. The molecule has 7 heteroatoms. The van der Waals surface area contributed by atoms with Gasteiger partial charge in [0.15, 0.2) is 0 Å². The van der Waals surface area contributed by atoms with Crippen molar-refractivity contribution in [1.82, 2.24) is 5.32 Å². The highest BCUT2D eigenvalue weighted by Gasteiger charge is 2.19. The summed E-state index contributed by atoms with van der Waals surface area (Å²) >= 11 is 4.72. The van der Waals surface area contributed by atoms with Gasteiger partial charge in [0, 0.05) is 10.6 Å². The monoisotopic (exact) mass is 319 g/mol. The maximum atomic E-state index is 11.7. The standard InChI is InChI=1S/C12H17NO3S3/c1-17-6-4-10(12(15)16)13-11(14)8-18-7-9-3-2-5-19-9/h2-3,5,10H,4,6-8H2,1H3,(H,13,14)(H,15,16)/t10-/m0/s1. The number of carboxylic acids is 1. The lowest BCUT2D eigenvalue weighted by Crippen LogP contribution is -2.42. The van der Waals surface area contributed by atoms with Gasteiger partial charge in [-0.3, -0.25) is 4.79 Å². The van der Waals surface area contributed by atoms with E-state index in [-0.39, 0.29) is 5.91 Å². The molecule has 1 heterocycles. The number of nitrogens with one attached hydrogen (secondary N) is 1. The highest BCUT2D eigenvalue weighted by molar-refractivity contribution is 7.99. The van der Waals surface area contributed by atoms with Gasteiger partial charge in [0.1, 0.15) is 6.04 Å². The predicted octanol–water partition coefficient (Wildman–Crippen LogP) is 2.30. The average molecular weight is 319 g/mol. The van der Waals surface area contributed by atoms with E-state index in [1.165, 1.54) is 16.6 Å². The maximum absolute atomic E-state index is 11.7. The van der Waals surface area contributed by atoms with Crippen LogP contribution in [0.2, 0.25) is 0 Å². The second-order valence-electron chi connectivity index (χ2n) is 3.81. The summed E-state index contributed by atoms with van der Waals surface area (Å²) in [6.45, 7) is 0. The number of thiophene rings is 1. The first-order valence-corrected chi connectivity index (χ1v) is 9.17. The van der Waals surface area contributed by atoms with Crippen molar-refractivity contribution in [3.8, 4) is 0 Å². The van der Waals surface area contributed by atoms with E-state index in [0.29, 0.717) is 12.2 Å². The second-order valence-corrected chi connectivity index (χ2v) is 6.82. The van der Waals surface area contributed by atoms with E-state index >= 15 is 0 Å². The smallest absolute Gasteiger partial charge is 0.326 e. The van der Waals surface area contributed by atoms with Crippen LogP contribution in [0, 0.1) is 0 Å². The Bertz CT molecular complexity index is 395. The molecular formula is C12H17NO3S3. The van der Waals surface area contributed by atoms with Crippen molar-refractivity contribution >= 4 is 46.7 Å². The summed E-state index contributed by atoms with van der Waals surface area (Å²) in [7, 11) is 0. The lowest BCUT2D eigenvalue weighted by Gasteiger charge is -2.13. The summed E-state index contributed by atoms with van der Waals surface area (Å²) < 4.78 is 0. The van der Waals surface area contributed by atoms with Crippen molar-refractivity contribution in [3.63, 3.8) is 0 Å². The first-order valence-electron chi connectivity index (χ1n) is 5.74. The van der Waals surface area contributed by atoms with Crippen LogP contribution in [0.25, 0.3) is 0 Å². The van der Waals surface area contributed by atoms with E-state index in [9.17, 15) is 9.59 Å². The fraction of sp³-hybridized carbons (Fsp3) is 0.500. The first-order chi connectivity index (χ1) is 9.13. The minimum Gasteiger partial charge on any atom is -0.480 e. The van der Waals surface area contributed by atoms with Crippen LogP contribution < -0.4 is 5.32 Å². The molecule has 0 aliphatic carbocycles. The summed E-state index contributed by atoms with van der Waals surface area (Å²) in [5.41, 5.74) is 0. The quantitative estimate of drug-likeness (QED) is 0.731. The van der Waals surface area contributed by atoms with Crippen molar-refractivity contribution < 1.29 is 14.7 Å². The third-order valence-corrected chi connectivity index (χ3v) is 4.99. The number of carbonyl (C=O) groups excluding carboxylic acids is 1. The Morgan fingerprint density at radius 2 is 2.32 bits per heavy atom. The third-order valence-electron chi connectivity index (χ3n) is 2.30. The van der Waals surface area contributed by atoms with Gasteiger partial charge in [0.25, 0.3) is 0 Å². The summed E-state index contributed by atoms with van der Waals surface area (Å²) in [6.07, 6.45) is 2.37. The van der Waals surface area contributed by atoms with E-state index < -0.39 is 12.0 Å². The number of rotatable bonds is 9. The fourth-order valence-electron chi connectivity index (χ4n) is 1.37. The van der Waals surface area contributed by atoms with Gasteiger partial charge < -0.3 is 10.4 Å². The van der Waals surface area contributed by atoms with E-state index in [0.717, 1.165) is 11.5 Å². The molecule has 4 nitrogen and oxygen atoms in total. The van der Waals surface area contributed by atoms with Gasteiger partial charge in [-0.2, -0.15) is 11.8 Å². The number of hydrogen-bond donors (Lipinski definition) is 2. The second kappa shape index (κ2) is 9.28. The van der Waals surface area contributed by atoms with Crippen LogP contribution in [-0.2, 0) is 15.3 Å². The Labute approximate surface area is 125 Å². The van der Waals surface area contributed by atoms with Crippen molar-refractivity contribution in [2.45, 2.75) is 18.2 Å². The van der Waals surface area contributed by atoms with Crippen molar-refractivity contribution in [1.29, 1.82) is 0 Å². The molecule has 0 unspecified atom stereocenters. The van der Waals surface area contributed by atoms with Crippen LogP contribution in [0.5, 0.6) is 0 Å². The molecule has 1 aromatic rings. The molecular weight excluding hydrogens is 302 g/mol. The molecule has 1 rings (SSSR count). The van der Waals surface area contributed by atoms with E-state index in [4.69, 9.17) is 5.11 Å². The molecule has 0 fully saturated rings. The van der Waals surface area contributed by atoms with E-state index in [2.05, 4.69) is 5.32 Å². The molecule has 1 aromatic heterocycles. The number of carboxylic acid groups (broad SMARTS) is 1. The van der Waals surface area contributed by atoms with Gasteiger partial charge in [-0.15, -0.1) is 23.1 Å². The molecule has 1 atom stereocenters. The van der Waals surface area contributed by atoms with Crippen LogP contribution in [0.1, 0.15) is 11.3 Å². The molecule has 0 aliphatic heterocycles. The van der Waals surface area contributed by atoms with Crippen LogP contribution in [0.3, 0.4) is 0 Å². The zero-order valence-corrected chi connectivity index (χ0v) is 13.1. The van der Waals surface area contributed by atoms with Crippen LogP contribution in [0.4, 0.5) is 0 Å². The Balaban J connectivity index is 2.25. The lowest BCUT2D eigenvalue weighted by molar-refractivity contribution is -0.141. The van der Waals surface area contributed by atoms with Gasteiger partial charge in [-0.1, -0.05) is 6.07 Å². The van der Waals surface area contributed by atoms with Crippen molar-refractivity contribution in [2.75, 3.05) is 17.8 Å². The molecule has 1 amide bonds. The Kier molecular flexibility index (Phi) is 8.00. The molecule has 0 bridgehead atoms. The molecule has 0 saturated heterocycles. The summed E-state index contributed by atoms with van der Waals surface area (Å²) in [5, 5.41) is 13.6. The molecule has 0 saturated carbocycles.